The minimum Gasteiger partial charge on any atom is -0.388 e. The van der Waals surface area contributed by atoms with Crippen molar-refractivity contribution in [1.82, 2.24) is 0 Å². The maximum atomic E-state index is 9.09. The molecule has 5 rings (SSSR count). The number of hydrogen-bond donors (Lipinski definition) is 0. The van der Waals surface area contributed by atoms with Gasteiger partial charge in [-0.2, -0.15) is 0 Å². The first-order valence-electron chi connectivity index (χ1n) is 9.09. The second-order valence-corrected chi connectivity index (χ2v) is 9.15. The second-order valence-electron chi connectivity index (χ2n) is 9.15. The predicted molar refractivity (Wildman–Crippen MR) is 91.1 cm³/mol. The van der Waals surface area contributed by atoms with Crippen molar-refractivity contribution in [2.45, 2.75) is 71.1 Å². The smallest absolute Gasteiger partial charge is 0.292 e. The topological polar surface area (TPSA) is 33.0 Å². The zero-order chi connectivity index (χ0) is 16.3. The fourth-order valence-corrected chi connectivity index (χ4v) is 7.04. The summed E-state index contributed by atoms with van der Waals surface area (Å²) in [5.41, 5.74) is 3.69. The van der Waals surface area contributed by atoms with Crippen LogP contribution in [-0.2, 0) is 5.41 Å². The molecule has 23 heavy (non-hydrogen) atoms. The van der Waals surface area contributed by atoms with E-state index in [4.69, 9.17) is 10.00 Å². The van der Waals surface area contributed by atoms with Crippen LogP contribution in [0.5, 0.6) is 5.75 Å². The molecule has 4 aliphatic rings. The average molecular weight is 309 g/mol. The Morgan fingerprint density at radius 2 is 2.04 bits per heavy atom. The fourth-order valence-electron chi connectivity index (χ4n) is 7.04. The van der Waals surface area contributed by atoms with Gasteiger partial charge in [0.25, 0.3) is 6.26 Å². The molecule has 4 aliphatic carbocycles. The summed E-state index contributed by atoms with van der Waals surface area (Å²) in [5, 5.41) is 9.09. The zero-order valence-corrected chi connectivity index (χ0v) is 14.6. The highest BCUT2D eigenvalue weighted by molar-refractivity contribution is 5.45. The van der Waals surface area contributed by atoms with Gasteiger partial charge in [-0.3, -0.25) is 0 Å². The monoisotopic (exact) mass is 309 g/mol. The van der Waals surface area contributed by atoms with E-state index in [1.54, 1.807) is 0 Å². The Balaban J connectivity index is 1.84. The van der Waals surface area contributed by atoms with Crippen molar-refractivity contribution in [3.8, 4) is 12.0 Å². The van der Waals surface area contributed by atoms with Crippen LogP contribution in [-0.4, -0.2) is 0 Å². The number of hydrogen-bond acceptors (Lipinski definition) is 2. The van der Waals surface area contributed by atoms with Crippen LogP contribution >= 0.6 is 0 Å². The standard InChI is InChI=1S/C21H27NO/c1-4-20-9-16-8-19(3,11-20)12-21(10-16,13-20)17-6-5-15(2)7-18(17)23-14-22/h5-7,16H,4,8-13H2,1-3H3. The highest BCUT2D eigenvalue weighted by atomic mass is 16.5. The molecule has 1 aromatic carbocycles. The van der Waals surface area contributed by atoms with E-state index in [1.807, 2.05) is 6.26 Å². The Bertz CT molecular complexity index is 690. The van der Waals surface area contributed by atoms with Crippen LogP contribution in [0.15, 0.2) is 18.2 Å². The van der Waals surface area contributed by atoms with Crippen molar-refractivity contribution in [2.24, 2.45) is 16.7 Å². The molecule has 2 nitrogen and oxygen atoms in total. The maximum Gasteiger partial charge on any atom is 0.292 e. The van der Waals surface area contributed by atoms with E-state index in [1.165, 1.54) is 56.1 Å². The van der Waals surface area contributed by atoms with Gasteiger partial charge in [-0.05, 0) is 73.8 Å². The maximum absolute atomic E-state index is 9.09. The Morgan fingerprint density at radius 3 is 2.74 bits per heavy atom. The van der Waals surface area contributed by atoms with Crippen LogP contribution < -0.4 is 4.74 Å². The molecule has 4 saturated carbocycles. The quantitative estimate of drug-likeness (QED) is 0.691. The largest absolute Gasteiger partial charge is 0.388 e. The van der Waals surface area contributed by atoms with E-state index < -0.39 is 0 Å². The van der Waals surface area contributed by atoms with Gasteiger partial charge in [-0.15, -0.1) is 5.26 Å². The lowest BCUT2D eigenvalue weighted by Gasteiger charge is -2.66. The summed E-state index contributed by atoms with van der Waals surface area (Å²) in [4.78, 5) is 0. The van der Waals surface area contributed by atoms with Crippen LogP contribution in [0.3, 0.4) is 0 Å². The van der Waals surface area contributed by atoms with Gasteiger partial charge < -0.3 is 4.74 Å². The van der Waals surface area contributed by atoms with Gasteiger partial charge in [0.15, 0.2) is 0 Å². The molecule has 0 N–H and O–H groups in total. The number of nitrogens with zero attached hydrogens (tertiary/aromatic N) is 1. The third-order valence-electron chi connectivity index (χ3n) is 7.08. The van der Waals surface area contributed by atoms with Crippen LogP contribution in [0.25, 0.3) is 0 Å². The number of rotatable bonds is 3. The Hall–Kier alpha value is -1.49. The fraction of sp³-hybridized carbons (Fsp3) is 0.667. The van der Waals surface area contributed by atoms with Crippen molar-refractivity contribution in [1.29, 1.82) is 5.26 Å². The third kappa shape index (κ3) is 2.20. The van der Waals surface area contributed by atoms with Crippen LogP contribution in [0.1, 0.15) is 69.9 Å². The van der Waals surface area contributed by atoms with Crippen LogP contribution in [0, 0.1) is 35.2 Å². The van der Waals surface area contributed by atoms with Gasteiger partial charge in [0.05, 0.1) is 0 Å². The molecule has 0 aliphatic heterocycles. The average Bonchev–Trinajstić information content (AvgIpc) is 2.45. The summed E-state index contributed by atoms with van der Waals surface area (Å²) < 4.78 is 5.41. The van der Waals surface area contributed by atoms with Crippen LogP contribution in [0.2, 0.25) is 0 Å². The third-order valence-corrected chi connectivity index (χ3v) is 7.08. The van der Waals surface area contributed by atoms with E-state index in [0.29, 0.717) is 10.8 Å². The molecule has 0 saturated heterocycles. The van der Waals surface area contributed by atoms with E-state index in [2.05, 4.69) is 39.0 Å². The van der Waals surface area contributed by atoms with Crippen molar-refractivity contribution in [3.05, 3.63) is 29.3 Å². The predicted octanol–water partition coefficient (Wildman–Crippen LogP) is 5.49. The molecule has 1 aromatic rings. The molecule has 4 bridgehead atoms. The summed E-state index contributed by atoms with van der Waals surface area (Å²) in [6.07, 6.45) is 11.3. The summed E-state index contributed by atoms with van der Waals surface area (Å²) >= 11 is 0. The van der Waals surface area contributed by atoms with Gasteiger partial charge in [0.2, 0.25) is 0 Å². The molecule has 4 unspecified atom stereocenters. The molecule has 0 radical (unpaired) electrons. The Kier molecular flexibility index (Phi) is 3.12. The first-order chi connectivity index (χ1) is 10.9. The molecule has 0 amide bonds. The summed E-state index contributed by atoms with van der Waals surface area (Å²) in [6.45, 7) is 6.96. The Labute approximate surface area is 139 Å². The number of benzene rings is 1. The Morgan fingerprint density at radius 1 is 1.22 bits per heavy atom. The molecule has 2 heteroatoms. The van der Waals surface area contributed by atoms with Crippen molar-refractivity contribution >= 4 is 0 Å². The first-order valence-corrected chi connectivity index (χ1v) is 9.09. The number of nitriles is 1. The van der Waals surface area contributed by atoms with E-state index in [0.717, 1.165) is 11.7 Å². The summed E-state index contributed by atoms with van der Waals surface area (Å²) in [6, 6.07) is 6.50. The van der Waals surface area contributed by atoms with Crippen LogP contribution in [0.4, 0.5) is 0 Å². The molecule has 0 spiro atoms. The number of ether oxygens (including phenoxy) is 1. The van der Waals surface area contributed by atoms with Gasteiger partial charge in [-0.25, -0.2) is 0 Å². The highest BCUT2D eigenvalue weighted by Gasteiger charge is 2.61. The molecule has 4 atom stereocenters. The first kappa shape index (κ1) is 15.1. The van der Waals surface area contributed by atoms with Gasteiger partial charge in [0.1, 0.15) is 5.75 Å². The molecular weight excluding hydrogens is 282 g/mol. The zero-order valence-electron chi connectivity index (χ0n) is 14.6. The van der Waals surface area contributed by atoms with Gasteiger partial charge in [0, 0.05) is 11.0 Å². The SMILES string of the molecule is CCC12CC3CC(C)(C1)CC(c1ccc(C)cc1OC#N)(C3)C2. The highest BCUT2D eigenvalue weighted by Crippen LogP contribution is 2.71. The van der Waals surface area contributed by atoms with E-state index in [-0.39, 0.29) is 5.41 Å². The van der Waals surface area contributed by atoms with Crippen molar-refractivity contribution in [2.75, 3.05) is 0 Å². The van der Waals surface area contributed by atoms with E-state index >= 15 is 0 Å². The summed E-state index contributed by atoms with van der Waals surface area (Å²) in [7, 11) is 0. The van der Waals surface area contributed by atoms with Gasteiger partial charge >= 0.3 is 0 Å². The van der Waals surface area contributed by atoms with Crippen molar-refractivity contribution in [3.63, 3.8) is 0 Å². The van der Waals surface area contributed by atoms with Crippen molar-refractivity contribution < 1.29 is 4.74 Å². The second kappa shape index (κ2) is 4.76. The lowest BCUT2D eigenvalue weighted by atomic mass is 9.38. The minimum absolute atomic E-state index is 0.226. The molecule has 0 heterocycles. The van der Waals surface area contributed by atoms with Gasteiger partial charge in [-0.1, -0.05) is 32.4 Å². The lowest BCUT2D eigenvalue weighted by Crippen LogP contribution is -2.57. The lowest BCUT2D eigenvalue weighted by molar-refractivity contribution is -0.120. The molecule has 122 valence electrons. The normalized spacial score (nSPS) is 40.9. The van der Waals surface area contributed by atoms with E-state index in [9.17, 15) is 0 Å². The molecule has 0 aromatic heterocycles. The number of aryl methyl sites for hydroxylation is 1. The summed E-state index contributed by atoms with van der Waals surface area (Å²) in [5.74, 6) is 1.66. The minimum atomic E-state index is 0.226. The molecular formula is C21H27NO. The molecule has 4 fully saturated rings.